The largest absolute Gasteiger partial charge is 0.497 e. The van der Waals surface area contributed by atoms with Crippen molar-refractivity contribution < 1.29 is 13.9 Å². The lowest BCUT2D eigenvalue weighted by Gasteiger charge is -2.38. The number of amides is 1. The van der Waals surface area contributed by atoms with Crippen LogP contribution in [0, 0.1) is 5.82 Å². The summed E-state index contributed by atoms with van der Waals surface area (Å²) >= 11 is 5.99. The second-order valence-electron chi connectivity index (χ2n) is 6.51. The molecule has 2 aromatic rings. The molecule has 1 heterocycles. The molecule has 0 aromatic heterocycles. The molecule has 1 saturated heterocycles. The molecular weight excluding hydrogens is 369 g/mol. The molecule has 1 atom stereocenters. The van der Waals surface area contributed by atoms with Crippen molar-refractivity contribution in [2.24, 2.45) is 0 Å². The highest BCUT2D eigenvalue weighted by molar-refractivity contribution is 6.33. The minimum atomic E-state index is -0.431. The van der Waals surface area contributed by atoms with Crippen LogP contribution in [0.5, 0.6) is 5.75 Å². The molecule has 5 nitrogen and oxygen atoms in total. The van der Waals surface area contributed by atoms with Crippen LogP contribution in [0.15, 0.2) is 42.5 Å². The zero-order valence-corrected chi connectivity index (χ0v) is 16.2. The van der Waals surface area contributed by atoms with Gasteiger partial charge in [0.15, 0.2) is 0 Å². The van der Waals surface area contributed by atoms with Crippen molar-refractivity contribution in [1.82, 2.24) is 4.90 Å². The third-order valence-electron chi connectivity index (χ3n) is 4.85. The first-order valence-electron chi connectivity index (χ1n) is 8.87. The highest BCUT2D eigenvalue weighted by Gasteiger charge is 2.26. The summed E-state index contributed by atoms with van der Waals surface area (Å²) in [4.78, 5) is 17.0. The van der Waals surface area contributed by atoms with Crippen LogP contribution in [0.2, 0.25) is 5.02 Å². The van der Waals surface area contributed by atoms with E-state index in [0.717, 1.165) is 37.6 Å². The fourth-order valence-electron chi connectivity index (χ4n) is 3.17. The van der Waals surface area contributed by atoms with E-state index in [4.69, 9.17) is 16.3 Å². The van der Waals surface area contributed by atoms with Crippen LogP contribution in [0.1, 0.15) is 6.92 Å². The Morgan fingerprint density at radius 1 is 1.19 bits per heavy atom. The minimum absolute atomic E-state index is 0.154. The fourth-order valence-corrected chi connectivity index (χ4v) is 3.38. The van der Waals surface area contributed by atoms with Crippen LogP contribution < -0.4 is 15.0 Å². The summed E-state index contributed by atoms with van der Waals surface area (Å²) in [6.45, 7) is 5.05. The lowest BCUT2D eigenvalue weighted by molar-refractivity contribution is -0.120. The molecule has 1 unspecified atom stereocenters. The standard InChI is InChI=1S/C20H23ClFN3O2/c1-14(20(26)23-19-7-6-15(22)12-18(19)21)24-8-10-25(11-9-24)16-4-3-5-17(13-16)27-2/h3-7,12-14H,8-11H2,1-2H3,(H,23,26). The van der Waals surface area contributed by atoms with Crippen LogP contribution in [0.25, 0.3) is 0 Å². The number of nitrogens with one attached hydrogen (secondary N) is 1. The number of hydrogen-bond donors (Lipinski definition) is 1. The van der Waals surface area contributed by atoms with Crippen molar-refractivity contribution in [3.8, 4) is 5.75 Å². The highest BCUT2D eigenvalue weighted by Crippen LogP contribution is 2.24. The summed E-state index contributed by atoms with van der Waals surface area (Å²) in [6.07, 6.45) is 0. The number of hydrogen-bond acceptors (Lipinski definition) is 4. The molecule has 1 aliphatic rings. The molecule has 144 valence electrons. The first-order valence-corrected chi connectivity index (χ1v) is 9.24. The van der Waals surface area contributed by atoms with Crippen LogP contribution in [-0.2, 0) is 4.79 Å². The number of rotatable bonds is 5. The van der Waals surface area contributed by atoms with E-state index in [-0.39, 0.29) is 17.0 Å². The maximum absolute atomic E-state index is 13.1. The Morgan fingerprint density at radius 2 is 1.93 bits per heavy atom. The van der Waals surface area contributed by atoms with Gasteiger partial charge in [0.25, 0.3) is 0 Å². The van der Waals surface area contributed by atoms with E-state index in [2.05, 4.69) is 21.2 Å². The van der Waals surface area contributed by atoms with Crippen LogP contribution in [0.3, 0.4) is 0 Å². The van der Waals surface area contributed by atoms with Gasteiger partial charge in [-0.05, 0) is 37.3 Å². The quantitative estimate of drug-likeness (QED) is 0.845. The predicted molar refractivity (Wildman–Crippen MR) is 106 cm³/mol. The molecule has 7 heteroatoms. The molecule has 0 bridgehead atoms. The van der Waals surface area contributed by atoms with Gasteiger partial charge in [0.1, 0.15) is 11.6 Å². The van der Waals surface area contributed by atoms with Gasteiger partial charge in [-0.3, -0.25) is 9.69 Å². The SMILES string of the molecule is COc1cccc(N2CCN(C(C)C(=O)Nc3ccc(F)cc3Cl)CC2)c1. The average Bonchev–Trinajstić information content (AvgIpc) is 2.69. The van der Waals surface area contributed by atoms with E-state index in [1.807, 2.05) is 25.1 Å². The van der Waals surface area contributed by atoms with Gasteiger partial charge in [-0.15, -0.1) is 0 Å². The molecule has 1 fully saturated rings. The molecule has 1 aliphatic heterocycles. The number of nitrogens with zero attached hydrogens (tertiary/aromatic N) is 2. The molecule has 1 amide bonds. The molecule has 27 heavy (non-hydrogen) atoms. The summed E-state index contributed by atoms with van der Waals surface area (Å²) in [7, 11) is 1.66. The molecule has 0 aliphatic carbocycles. The van der Waals surface area contributed by atoms with Gasteiger partial charge in [0, 0.05) is 37.9 Å². The number of methoxy groups -OCH3 is 1. The number of carbonyl (C=O) groups excluding carboxylic acids is 1. The topological polar surface area (TPSA) is 44.8 Å². The minimum Gasteiger partial charge on any atom is -0.497 e. The van der Waals surface area contributed by atoms with Crippen LogP contribution in [0.4, 0.5) is 15.8 Å². The second-order valence-corrected chi connectivity index (χ2v) is 6.92. The van der Waals surface area contributed by atoms with Crippen LogP contribution in [-0.4, -0.2) is 50.1 Å². The zero-order valence-electron chi connectivity index (χ0n) is 15.4. The van der Waals surface area contributed by atoms with E-state index < -0.39 is 5.82 Å². The van der Waals surface area contributed by atoms with Gasteiger partial charge in [-0.1, -0.05) is 17.7 Å². The predicted octanol–water partition coefficient (Wildman–Crippen LogP) is 3.64. The summed E-state index contributed by atoms with van der Waals surface area (Å²) in [5.74, 6) is 0.247. The molecule has 3 rings (SSSR count). The van der Waals surface area contributed by atoms with E-state index in [0.29, 0.717) is 5.69 Å². The normalized spacial score (nSPS) is 16.1. The van der Waals surface area contributed by atoms with Crippen LogP contribution >= 0.6 is 11.6 Å². The molecule has 1 N–H and O–H groups in total. The van der Waals surface area contributed by atoms with E-state index in [1.54, 1.807) is 7.11 Å². The first kappa shape index (κ1) is 19.5. The molecule has 2 aromatic carbocycles. The van der Waals surface area contributed by atoms with Crippen molar-refractivity contribution in [2.75, 3.05) is 43.5 Å². The molecule has 0 saturated carbocycles. The van der Waals surface area contributed by atoms with Crippen molar-refractivity contribution in [3.63, 3.8) is 0 Å². The summed E-state index contributed by atoms with van der Waals surface area (Å²) in [5.41, 5.74) is 1.54. The Bertz CT molecular complexity index is 810. The van der Waals surface area contributed by atoms with E-state index in [1.165, 1.54) is 18.2 Å². The molecular formula is C20H23ClFN3O2. The van der Waals surface area contributed by atoms with Gasteiger partial charge in [-0.2, -0.15) is 0 Å². The number of carbonyl (C=O) groups is 1. The lowest BCUT2D eigenvalue weighted by Crippen LogP contribution is -2.52. The number of anilines is 2. The fraction of sp³-hybridized carbons (Fsp3) is 0.350. The molecule has 0 radical (unpaired) electrons. The maximum atomic E-state index is 13.1. The van der Waals surface area contributed by atoms with Gasteiger partial charge in [0.2, 0.25) is 5.91 Å². The zero-order chi connectivity index (χ0) is 19.4. The number of halogens is 2. The van der Waals surface area contributed by atoms with Gasteiger partial charge < -0.3 is 15.0 Å². The monoisotopic (exact) mass is 391 g/mol. The average molecular weight is 392 g/mol. The third-order valence-corrected chi connectivity index (χ3v) is 5.16. The summed E-state index contributed by atoms with van der Waals surface area (Å²) < 4.78 is 18.4. The Kier molecular flexibility index (Phi) is 6.19. The first-order chi connectivity index (χ1) is 13.0. The second kappa shape index (κ2) is 8.59. The van der Waals surface area contributed by atoms with E-state index in [9.17, 15) is 9.18 Å². The Morgan fingerprint density at radius 3 is 2.59 bits per heavy atom. The maximum Gasteiger partial charge on any atom is 0.241 e. The van der Waals surface area contributed by atoms with Gasteiger partial charge in [-0.25, -0.2) is 4.39 Å². The number of benzene rings is 2. The highest BCUT2D eigenvalue weighted by atomic mass is 35.5. The van der Waals surface area contributed by atoms with Crippen molar-refractivity contribution in [2.45, 2.75) is 13.0 Å². The lowest BCUT2D eigenvalue weighted by atomic mass is 10.2. The van der Waals surface area contributed by atoms with Crippen molar-refractivity contribution >= 4 is 28.9 Å². The van der Waals surface area contributed by atoms with Crippen molar-refractivity contribution in [3.05, 3.63) is 53.3 Å². The Balaban J connectivity index is 1.57. The summed E-state index contributed by atoms with van der Waals surface area (Å²) in [5, 5.41) is 2.98. The van der Waals surface area contributed by atoms with E-state index >= 15 is 0 Å². The smallest absolute Gasteiger partial charge is 0.241 e. The Hall–Kier alpha value is -2.31. The molecule has 0 spiro atoms. The van der Waals surface area contributed by atoms with Gasteiger partial charge >= 0.3 is 0 Å². The number of ether oxygens (including phenoxy) is 1. The summed E-state index contributed by atoms with van der Waals surface area (Å²) in [6, 6.07) is 11.6. The van der Waals surface area contributed by atoms with Crippen molar-refractivity contribution in [1.29, 1.82) is 0 Å². The van der Waals surface area contributed by atoms with Gasteiger partial charge in [0.05, 0.1) is 23.9 Å². The number of piperazine rings is 1. The Labute approximate surface area is 163 Å². The third kappa shape index (κ3) is 4.70.